The van der Waals surface area contributed by atoms with Gasteiger partial charge in [-0.2, -0.15) is 9.57 Å². The van der Waals surface area contributed by atoms with E-state index in [1.165, 1.54) is 16.4 Å². The van der Waals surface area contributed by atoms with Crippen LogP contribution in [0.25, 0.3) is 11.0 Å². The number of carbonyl (C=O) groups is 1. The lowest BCUT2D eigenvalue weighted by Crippen LogP contribution is -2.47. The van der Waals surface area contributed by atoms with Crippen molar-refractivity contribution in [2.24, 2.45) is 5.92 Å². The highest BCUT2D eigenvalue weighted by Crippen LogP contribution is 2.29. The van der Waals surface area contributed by atoms with Crippen LogP contribution in [0, 0.1) is 17.2 Å². The van der Waals surface area contributed by atoms with Crippen LogP contribution < -0.4 is 5.69 Å². The molecule has 2 aliphatic heterocycles. The fourth-order valence-corrected chi connectivity index (χ4v) is 6.92. The van der Waals surface area contributed by atoms with Crippen LogP contribution in [0.1, 0.15) is 37.3 Å². The lowest BCUT2D eigenvalue weighted by atomic mass is 9.94. The highest BCUT2D eigenvalue weighted by Gasteiger charge is 2.36. The van der Waals surface area contributed by atoms with E-state index in [0.717, 1.165) is 11.0 Å². The van der Waals surface area contributed by atoms with E-state index < -0.39 is 10.0 Å². The number of carbonyl (C=O) groups excluding carboxylic acids is 1. The molecule has 0 aliphatic carbocycles. The Bertz CT molecular complexity index is 1450. The van der Waals surface area contributed by atoms with Gasteiger partial charge in [0.15, 0.2) is 0 Å². The van der Waals surface area contributed by atoms with Gasteiger partial charge in [0, 0.05) is 38.1 Å². The Morgan fingerprint density at radius 3 is 2.31 bits per heavy atom. The van der Waals surface area contributed by atoms with Crippen molar-refractivity contribution in [3.05, 3.63) is 64.6 Å². The Labute approximate surface area is 203 Å². The molecule has 9 nitrogen and oxygen atoms in total. The first-order chi connectivity index (χ1) is 16.9. The monoisotopic (exact) mass is 493 g/mol. The molecule has 2 saturated heterocycles. The Morgan fingerprint density at radius 2 is 1.60 bits per heavy atom. The number of likely N-dealkylation sites (tertiary alicyclic amines) is 1. The molecule has 0 radical (unpaired) electrons. The van der Waals surface area contributed by atoms with E-state index in [-0.39, 0.29) is 47.1 Å². The normalized spacial score (nSPS) is 18.5. The van der Waals surface area contributed by atoms with Crippen molar-refractivity contribution >= 4 is 27.0 Å². The maximum Gasteiger partial charge on any atom is 0.326 e. The molecular formula is C25H27N5O4S. The number of nitrogens with one attached hydrogen (secondary N) is 1. The maximum absolute atomic E-state index is 13.2. The number of benzene rings is 2. The van der Waals surface area contributed by atoms with Crippen LogP contribution in [-0.2, 0) is 14.8 Å². The van der Waals surface area contributed by atoms with Crippen molar-refractivity contribution in [3.8, 4) is 6.07 Å². The molecule has 3 heterocycles. The predicted octanol–water partition coefficient (Wildman–Crippen LogP) is 2.47. The summed E-state index contributed by atoms with van der Waals surface area (Å²) in [5.41, 5.74) is 1.70. The second kappa shape index (κ2) is 9.32. The molecule has 35 heavy (non-hydrogen) atoms. The van der Waals surface area contributed by atoms with Crippen LogP contribution in [0.5, 0.6) is 0 Å². The molecule has 0 spiro atoms. The van der Waals surface area contributed by atoms with Crippen molar-refractivity contribution in [1.82, 2.24) is 18.8 Å². The highest BCUT2D eigenvalue weighted by molar-refractivity contribution is 7.89. The summed E-state index contributed by atoms with van der Waals surface area (Å²) in [4.78, 5) is 30.5. The minimum Gasteiger partial charge on any atom is -0.342 e. The number of hydrogen-bond acceptors (Lipinski definition) is 5. The second-order valence-electron chi connectivity index (χ2n) is 9.16. The Balaban J connectivity index is 1.20. The number of imidazole rings is 1. The Kier molecular flexibility index (Phi) is 6.21. The van der Waals surface area contributed by atoms with E-state index in [9.17, 15) is 23.3 Å². The zero-order valence-corrected chi connectivity index (χ0v) is 20.1. The van der Waals surface area contributed by atoms with Gasteiger partial charge in [0.1, 0.15) is 6.07 Å². The first-order valence-corrected chi connectivity index (χ1v) is 13.3. The number of aromatic nitrogens is 2. The standard InChI is InChI=1S/C25H27N5O4S/c26-17-19-5-1-4-8-23(19)35(33,34)29-15-9-18(10-16-29)24(31)28-13-11-20(12-14-28)30-22-7-3-2-6-21(22)27-25(30)32/h1-8,18,20H,9-16H2,(H,27,32). The van der Waals surface area contributed by atoms with Crippen molar-refractivity contribution in [3.63, 3.8) is 0 Å². The number of hydrogen-bond donors (Lipinski definition) is 1. The van der Waals surface area contributed by atoms with E-state index in [0.29, 0.717) is 38.8 Å². The zero-order valence-electron chi connectivity index (χ0n) is 19.3. The van der Waals surface area contributed by atoms with Crippen LogP contribution in [0.15, 0.2) is 58.2 Å². The summed E-state index contributed by atoms with van der Waals surface area (Å²) in [6, 6.07) is 15.8. The number of nitrogens with zero attached hydrogens (tertiary/aromatic N) is 4. The van der Waals surface area contributed by atoms with Crippen molar-refractivity contribution < 1.29 is 13.2 Å². The minimum atomic E-state index is -3.78. The number of rotatable bonds is 4. The minimum absolute atomic E-state index is 0.0156. The third kappa shape index (κ3) is 4.26. The van der Waals surface area contributed by atoms with Gasteiger partial charge in [-0.1, -0.05) is 24.3 Å². The molecule has 1 aromatic heterocycles. The zero-order chi connectivity index (χ0) is 24.6. The molecule has 0 bridgehead atoms. The van der Waals surface area contributed by atoms with E-state index in [1.54, 1.807) is 16.7 Å². The number of aromatic amines is 1. The first kappa shape index (κ1) is 23.3. The summed E-state index contributed by atoms with van der Waals surface area (Å²) in [6.07, 6.45) is 2.31. The van der Waals surface area contributed by atoms with Gasteiger partial charge >= 0.3 is 5.69 Å². The molecule has 3 aromatic rings. The average molecular weight is 494 g/mol. The van der Waals surface area contributed by atoms with Gasteiger partial charge in [0.2, 0.25) is 15.9 Å². The third-order valence-electron chi connectivity index (χ3n) is 7.19. The highest BCUT2D eigenvalue weighted by atomic mass is 32.2. The molecule has 0 atom stereocenters. The summed E-state index contributed by atoms with van der Waals surface area (Å²) in [5.74, 6) is -0.163. The quantitative estimate of drug-likeness (QED) is 0.599. The second-order valence-corrected chi connectivity index (χ2v) is 11.1. The van der Waals surface area contributed by atoms with Crippen LogP contribution in [-0.4, -0.2) is 59.3 Å². The van der Waals surface area contributed by atoms with Gasteiger partial charge < -0.3 is 9.88 Å². The molecule has 2 aromatic carbocycles. The molecule has 0 saturated carbocycles. The van der Waals surface area contributed by atoms with Gasteiger partial charge in [-0.15, -0.1) is 0 Å². The molecule has 0 unspecified atom stereocenters. The van der Waals surface area contributed by atoms with Crippen molar-refractivity contribution in [2.75, 3.05) is 26.2 Å². The Hall–Kier alpha value is -3.42. The van der Waals surface area contributed by atoms with Gasteiger partial charge in [0.25, 0.3) is 0 Å². The molecule has 10 heteroatoms. The fourth-order valence-electron chi connectivity index (χ4n) is 5.31. The molecule has 1 amide bonds. The van der Waals surface area contributed by atoms with Crippen LogP contribution in [0.2, 0.25) is 0 Å². The van der Waals surface area contributed by atoms with Crippen LogP contribution >= 0.6 is 0 Å². The summed E-state index contributed by atoms with van der Waals surface area (Å²) in [6.45, 7) is 1.65. The molecule has 2 fully saturated rings. The van der Waals surface area contributed by atoms with E-state index in [2.05, 4.69) is 4.98 Å². The molecule has 2 aliphatic rings. The summed E-state index contributed by atoms with van der Waals surface area (Å²) < 4.78 is 29.3. The van der Waals surface area contributed by atoms with Crippen LogP contribution in [0.3, 0.4) is 0 Å². The molecule has 182 valence electrons. The summed E-state index contributed by atoms with van der Waals surface area (Å²) >= 11 is 0. The van der Waals surface area contributed by atoms with E-state index in [1.807, 2.05) is 35.2 Å². The van der Waals surface area contributed by atoms with Gasteiger partial charge in [-0.05, 0) is 49.9 Å². The molecular weight excluding hydrogens is 466 g/mol. The molecule has 1 N–H and O–H groups in total. The number of piperidine rings is 2. The van der Waals surface area contributed by atoms with Crippen LogP contribution in [0.4, 0.5) is 0 Å². The summed E-state index contributed by atoms with van der Waals surface area (Å²) in [7, 11) is -3.78. The summed E-state index contributed by atoms with van der Waals surface area (Å²) in [5, 5.41) is 9.28. The van der Waals surface area contributed by atoms with Gasteiger partial charge in [0.05, 0.1) is 21.5 Å². The number of nitriles is 1. The topological polar surface area (TPSA) is 119 Å². The van der Waals surface area contributed by atoms with Crippen molar-refractivity contribution in [2.45, 2.75) is 36.6 Å². The Morgan fingerprint density at radius 1 is 0.943 bits per heavy atom. The third-order valence-corrected chi connectivity index (χ3v) is 9.15. The number of amides is 1. The smallest absolute Gasteiger partial charge is 0.326 e. The maximum atomic E-state index is 13.2. The first-order valence-electron chi connectivity index (χ1n) is 11.9. The average Bonchev–Trinajstić information content (AvgIpc) is 3.24. The van der Waals surface area contributed by atoms with E-state index in [4.69, 9.17) is 0 Å². The van der Waals surface area contributed by atoms with Gasteiger partial charge in [-0.25, -0.2) is 13.2 Å². The lowest BCUT2D eigenvalue weighted by Gasteiger charge is -2.37. The van der Waals surface area contributed by atoms with E-state index >= 15 is 0 Å². The number of H-pyrrole nitrogens is 1. The number of fused-ring (bicyclic) bond motifs is 1. The lowest BCUT2D eigenvalue weighted by molar-refractivity contribution is -0.138. The number of sulfonamides is 1. The SMILES string of the molecule is N#Cc1ccccc1S(=O)(=O)N1CCC(C(=O)N2CCC(n3c(=O)[nH]c4ccccc43)CC2)CC1. The fraction of sp³-hybridized carbons (Fsp3) is 0.400. The van der Waals surface area contributed by atoms with Gasteiger partial charge in [-0.3, -0.25) is 9.36 Å². The van der Waals surface area contributed by atoms with Crippen molar-refractivity contribution in [1.29, 1.82) is 5.26 Å². The predicted molar refractivity (Wildman–Crippen MR) is 130 cm³/mol. The number of para-hydroxylation sites is 2. The molecule has 5 rings (SSSR count). The largest absolute Gasteiger partial charge is 0.342 e.